The van der Waals surface area contributed by atoms with Gasteiger partial charge in [-0.2, -0.15) is 0 Å². The van der Waals surface area contributed by atoms with Crippen molar-refractivity contribution in [2.75, 3.05) is 5.32 Å². The van der Waals surface area contributed by atoms with Gasteiger partial charge < -0.3 is 16.0 Å². The molecule has 7 nitrogen and oxygen atoms in total. The van der Waals surface area contributed by atoms with Crippen molar-refractivity contribution < 1.29 is 9.59 Å². The van der Waals surface area contributed by atoms with Gasteiger partial charge in [-0.15, -0.1) is 0 Å². The van der Waals surface area contributed by atoms with Crippen LogP contribution in [0.25, 0.3) is 0 Å². The Morgan fingerprint density at radius 3 is 2.70 bits per heavy atom. The van der Waals surface area contributed by atoms with Crippen molar-refractivity contribution >= 4 is 29.3 Å². The van der Waals surface area contributed by atoms with Gasteiger partial charge in [0.25, 0.3) is 11.5 Å². The Hall–Kier alpha value is -2.61. The molecule has 0 bridgehead atoms. The summed E-state index contributed by atoms with van der Waals surface area (Å²) in [5, 5.41) is 2.50. The number of carbonyl (C=O) groups excluding carboxylic acids is 2. The summed E-state index contributed by atoms with van der Waals surface area (Å²) in [5.41, 5.74) is 6.17. The van der Waals surface area contributed by atoms with E-state index in [0.717, 1.165) is 11.8 Å². The van der Waals surface area contributed by atoms with Crippen LogP contribution in [0.1, 0.15) is 23.0 Å². The summed E-state index contributed by atoms with van der Waals surface area (Å²) in [5.74, 6) is -0.946. The zero-order valence-electron chi connectivity index (χ0n) is 12.6. The summed E-state index contributed by atoms with van der Waals surface area (Å²) in [6, 6.07) is 7.87. The molecule has 8 heteroatoms. The molecule has 0 fully saturated rings. The van der Waals surface area contributed by atoms with Gasteiger partial charge in [0.05, 0.1) is 16.5 Å². The van der Waals surface area contributed by atoms with Gasteiger partial charge in [-0.25, -0.2) is 4.98 Å². The number of aromatic amines is 1. The number of carbonyl (C=O) groups is 2. The molecular weight excluding hydrogens is 316 g/mol. The number of nitrogens with one attached hydrogen (secondary N) is 2. The van der Waals surface area contributed by atoms with Crippen molar-refractivity contribution in [3.8, 4) is 0 Å². The average Bonchev–Trinajstić information content (AvgIpc) is 2.46. The van der Waals surface area contributed by atoms with Crippen LogP contribution in [0.15, 0.2) is 40.3 Å². The van der Waals surface area contributed by atoms with Crippen LogP contribution in [-0.2, 0) is 4.79 Å². The first-order valence-electron chi connectivity index (χ1n) is 6.81. The van der Waals surface area contributed by atoms with E-state index >= 15 is 0 Å². The Morgan fingerprint density at radius 2 is 2.04 bits per heavy atom. The minimum atomic E-state index is -0.620. The van der Waals surface area contributed by atoms with Crippen molar-refractivity contribution in [1.29, 1.82) is 0 Å². The van der Waals surface area contributed by atoms with Gasteiger partial charge in [0.15, 0.2) is 5.16 Å². The largest absolute Gasteiger partial charge is 0.366 e. The zero-order chi connectivity index (χ0) is 17.0. The second-order valence-electron chi connectivity index (χ2n) is 4.85. The van der Waals surface area contributed by atoms with Crippen LogP contribution in [0.2, 0.25) is 0 Å². The van der Waals surface area contributed by atoms with Crippen LogP contribution in [-0.4, -0.2) is 27.0 Å². The lowest BCUT2D eigenvalue weighted by molar-refractivity contribution is -0.115. The molecule has 0 saturated carbocycles. The maximum atomic E-state index is 12.3. The number of hydrogen-bond acceptors (Lipinski definition) is 5. The summed E-state index contributed by atoms with van der Waals surface area (Å²) in [6.07, 6.45) is 0. The lowest BCUT2D eigenvalue weighted by atomic mass is 10.1. The van der Waals surface area contributed by atoms with E-state index in [1.54, 1.807) is 32.0 Å². The van der Waals surface area contributed by atoms with Gasteiger partial charge in [0.1, 0.15) is 0 Å². The van der Waals surface area contributed by atoms with Gasteiger partial charge in [-0.05, 0) is 26.0 Å². The summed E-state index contributed by atoms with van der Waals surface area (Å²) in [7, 11) is 0. The summed E-state index contributed by atoms with van der Waals surface area (Å²) in [6.45, 7) is 3.38. The first-order chi connectivity index (χ1) is 10.9. The van der Waals surface area contributed by atoms with E-state index in [1.165, 1.54) is 12.1 Å². The highest BCUT2D eigenvalue weighted by Crippen LogP contribution is 2.21. The summed E-state index contributed by atoms with van der Waals surface area (Å²) in [4.78, 5) is 41.8. The number of hydrogen-bond donors (Lipinski definition) is 3. The number of para-hydroxylation sites is 1. The number of nitrogens with two attached hydrogens (primary N) is 1. The molecule has 0 saturated heterocycles. The molecule has 0 spiro atoms. The Balaban J connectivity index is 2.11. The second kappa shape index (κ2) is 7.10. The standard InChI is InChI=1S/C15H16N4O3S/c1-8-7-12(20)19-15(17-8)23-9(2)14(22)18-11-6-4-3-5-10(11)13(16)21/h3-7,9H,1-2H3,(H2,16,21)(H,18,22)(H,17,19,20). The van der Waals surface area contributed by atoms with Crippen LogP contribution >= 0.6 is 11.8 Å². The van der Waals surface area contributed by atoms with E-state index in [-0.39, 0.29) is 17.0 Å². The molecule has 0 radical (unpaired) electrons. The van der Waals surface area contributed by atoms with Gasteiger partial charge in [-0.3, -0.25) is 14.4 Å². The molecule has 1 unspecified atom stereocenters. The lowest BCUT2D eigenvalue weighted by Crippen LogP contribution is -2.25. The number of aryl methyl sites for hydroxylation is 1. The van der Waals surface area contributed by atoms with Crippen LogP contribution in [0.5, 0.6) is 0 Å². The Bertz CT molecular complexity index is 803. The molecule has 4 N–H and O–H groups in total. The molecule has 2 rings (SSSR count). The Morgan fingerprint density at radius 1 is 1.35 bits per heavy atom. The molecule has 1 atom stereocenters. The monoisotopic (exact) mass is 332 g/mol. The van der Waals surface area contributed by atoms with Crippen molar-refractivity contribution in [1.82, 2.24) is 9.97 Å². The number of thioether (sulfide) groups is 1. The minimum absolute atomic E-state index is 0.236. The van der Waals surface area contributed by atoms with E-state index < -0.39 is 11.2 Å². The van der Waals surface area contributed by atoms with Crippen LogP contribution in [0, 0.1) is 6.92 Å². The number of benzene rings is 1. The molecule has 23 heavy (non-hydrogen) atoms. The lowest BCUT2D eigenvalue weighted by Gasteiger charge is -2.13. The van der Waals surface area contributed by atoms with E-state index in [4.69, 9.17) is 5.73 Å². The number of H-pyrrole nitrogens is 1. The Kier molecular flexibility index (Phi) is 5.17. The van der Waals surface area contributed by atoms with E-state index in [1.807, 2.05) is 0 Å². The molecule has 1 heterocycles. The average molecular weight is 332 g/mol. The van der Waals surface area contributed by atoms with E-state index in [2.05, 4.69) is 15.3 Å². The van der Waals surface area contributed by atoms with E-state index in [9.17, 15) is 14.4 Å². The molecule has 1 aromatic heterocycles. The van der Waals surface area contributed by atoms with Gasteiger partial charge in [0, 0.05) is 11.8 Å². The first-order valence-corrected chi connectivity index (χ1v) is 7.69. The summed E-state index contributed by atoms with van der Waals surface area (Å²) >= 11 is 1.12. The highest BCUT2D eigenvalue weighted by Gasteiger charge is 2.18. The number of anilines is 1. The minimum Gasteiger partial charge on any atom is -0.366 e. The normalized spacial score (nSPS) is 11.7. The van der Waals surface area contributed by atoms with Crippen molar-refractivity contribution in [3.63, 3.8) is 0 Å². The van der Waals surface area contributed by atoms with Crippen LogP contribution in [0.4, 0.5) is 5.69 Å². The molecular formula is C15H16N4O3S. The molecule has 0 aliphatic heterocycles. The molecule has 0 aliphatic carbocycles. The van der Waals surface area contributed by atoms with Crippen molar-refractivity contribution in [2.24, 2.45) is 5.73 Å². The highest BCUT2D eigenvalue weighted by atomic mass is 32.2. The van der Waals surface area contributed by atoms with Crippen molar-refractivity contribution in [2.45, 2.75) is 24.3 Å². The third kappa shape index (κ3) is 4.43. The number of rotatable bonds is 5. The molecule has 120 valence electrons. The number of nitrogens with zero attached hydrogens (tertiary/aromatic N) is 1. The fraction of sp³-hybridized carbons (Fsp3) is 0.200. The maximum absolute atomic E-state index is 12.3. The molecule has 2 aromatic rings. The zero-order valence-corrected chi connectivity index (χ0v) is 13.4. The second-order valence-corrected chi connectivity index (χ2v) is 6.18. The van der Waals surface area contributed by atoms with Crippen LogP contribution < -0.4 is 16.6 Å². The van der Waals surface area contributed by atoms with Gasteiger partial charge >= 0.3 is 0 Å². The van der Waals surface area contributed by atoms with Gasteiger partial charge in [0.2, 0.25) is 5.91 Å². The topological polar surface area (TPSA) is 118 Å². The molecule has 2 amide bonds. The number of aromatic nitrogens is 2. The smallest absolute Gasteiger partial charge is 0.251 e. The van der Waals surface area contributed by atoms with Crippen molar-refractivity contribution in [3.05, 3.63) is 51.9 Å². The maximum Gasteiger partial charge on any atom is 0.251 e. The fourth-order valence-corrected chi connectivity index (χ4v) is 2.73. The molecule has 0 aliphatic rings. The molecule has 1 aromatic carbocycles. The highest BCUT2D eigenvalue weighted by molar-refractivity contribution is 8.00. The Labute approximate surface area is 136 Å². The first kappa shape index (κ1) is 16.8. The van der Waals surface area contributed by atoms with Crippen LogP contribution in [0.3, 0.4) is 0 Å². The van der Waals surface area contributed by atoms with E-state index in [0.29, 0.717) is 16.5 Å². The number of primary amides is 1. The fourth-order valence-electron chi connectivity index (χ4n) is 1.87. The SMILES string of the molecule is Cc1cc(=O)[nH]c(SC(C)C(=O)Nc2ccccc2C(N)=O)n1. The number of amides is 2. The summed E-state index contributed by atoms with van der Waals surface area (Å²) < 4.78 is 0. The third-order valence-electron chi connectivity index (χ3n) is 2.96. The third-order valence-corrected chi connectivity index (χ3v) is 3.94. The quantitative estimate of drug-likeness (QED) is 0.563. The predicted octanol–water partition coefficient (Wildman–Crippen LogP) is 1.30. The van der Waals surface area contributed by atoms with Gasteiger partial charge in [-0.1, -0.05) is 23.9 Å². The predicted molar refractivity (Wildman–Crippen MR) is 88.5 cm³/mol.